The lowest BCUT2D eigenvalue weighted by Gasteiger charge is -2.55. The van der Waals surface area contributed by atoms with Crippen molar-refractivity contribution in [3.8, 4) is 0 Å². The van der Waals surface area contributed by atoms with Gasteiger partial charge in [0.05, 0.1) is 35.5 Å². The van der Waals surface area contributed by atoms with Crippen LogP contribution in [0.3, 0.4) is 0 Å². The number of morpholine rings is 1. The molecule has 1 spiro atoms. The van der Waals surface area contributed by atoms with Crippen molar-refractivity contribution in [3.63, 3.8) is 0 Å². The molecule has 200 valence electrons. The number of fused-ring (bicyclic) bond motifs is 5. The van der Waals surface area contributed by atoms with E-state index >= 15 is 4.39 Å². The molecule has 3 fully saturated rings. The van der Waals surface area contributed by atoms with Gasteiger partial charge in [0.2, 0.25) is 17.4 Å². The lowest BCUT2D eigenvalue weighted by molar-refractivity contribution is -0.153. The zero-order chi connectivity index (χ0) is 26.9. The Hall–Kier alpha value is -4.11. The number of carbonyl (C=O) groups excluding carboxylic acids is 4. The van der Waals surface area contributed by atoms with Crippen LogP contribution in [0.25, 0.3) is 11.0 Å². The third-order valence-electron chi connectivity index (χ3n) is 7.37. The number of amides is 5. The van der Waals surface area contributed by atoms with Crippen molar-refractivity contribution in [1.82, 2.24) is 15.8 Å². The van der Waals surface area contributed by atoms with Gasteiger partial charge < -0.3 is 23.7 Å². The van der Waals surface area contributed by atoms with Crippen molar-refractivity contribution in [2.24, 2.45) is 10.6 Å². The van der Waals surface area contributed by atoms with Gasteiger partial charge in [0.1, 0.15) is 13.7 Å². The predicted octanol–water partition coefficient (Wildman–Crippen LogP) is 0.179. The van der Waals surface area contributed by atoms with E-state index in [1.54, 1.807) is 18.7 Å². The molecule has 4 aliphatic heterocycles. The number of hydrogen-bond acceptors (Lipinski definition) is 11. The van der Waals surface area contributed by atoms with Gasteiger partial charge in [0, 0.05) is 13.0 Å². The van der Waals surface area contributed by atoms with Crippen molar-refractivity contribution in [3.05, 3.63) is 17.4 Å². The van der Waals surface area contributed by atoms with Crippen LogP contribution < -0.4 is 20.4 Å². The molecule has 14 nitrogen and oxygen atoms in total. The Kier molecular flexibility index (Phi) is 5.39. The molecule has 4 aliphatic rings. The van der Waals surface area contributed by atoms with Gasteiger partial charge in [-0.1, -0.05) is 10.3 Å². The van der Waals surface area contributed by atoms with E-state index < -0.39 is 53.4 Å². The Morgan fingerprint density at radius 3 is 2.68 bits per heavy atom. The Balaban J connectivity index is 1.55. The number of ether oxygens (including phenoxy) is 2. The smallest absolute Gasteiger partial charge is 0.328 e. The largest absolute Gasteiger partial charge is 0.399 e. The highest BCUT2D eigenvalue weighted by atomic mass is 19.1. The second-order valence-corrected chi connectivity index (χ2v) is 9.62. The fourth-order valence-electron chi connectivity index (χ4n) is 6.01. The number of aromatic nitrogens is 1. The van der Waals surface area contributed by atoms with Crippen LogP contribution in [0.5, 0.6) is 0 Å². The Morgan fingerprint density at radius 1 is 1.24 bits per heavy atom. The molecule has 0 bridgehead atoms. The van der Waals surface area contributed by atoms with Crippen LogP contribution in [0, 0.1) is 11.2 Å². The highest BCUT2D eigenvalue weighted by molar-refractivity contribution is 6.20. The van der Waals surface area contributed by atoms with Gasteiger partial charge >= 0.3 is 6.03 Å². The summed E-state index contributed by atoms with van der Waals surface area (Å²) in [5.41, 5.74) is -1.57. The van der Waals surface area contributed by atoms with Crippen LogP contribution >= 0.6 is 0 Å². The minimum atomic E-state index is -1.79. The maximum Gasteiger partial charge on any atom is 0.328 e. The van der Waals surface area contributed by atoms with Gasteiger partial charge in [-0.15, -0.1) is 0 Å². The summed E-state index contributed by atoms with van der Waals surface area (Å²) >= 11 is 0. The number of carbonyl (C=O) groups is 4. The van der Waals surface area contributed by atoms with Crippen molar-refractivity contribution < 1.29 is 42.4 Å². The maximum atomic E-state index is 16.2. The van der Waals surface area contributed by atoms with Crippen molar-refractivity contribution in [2.45, 2.75) is 44.7 Å². The molecule has 38 heavy (non-hydrogen) atoms. The topological polar surface area (TPSA) is 165 Å². The van der Waals surface area contributed by atoms with Crippen LogP contribution in [-0.4, -0.2) is 79.9 Å². The Bertz CT molecular complexity index is 1400. The maximum absolute atomic E-state index is 16.2. The zero-order valence-electron chi connectivity index (χ0n) is 20.5. The fourth-order valence-corrected chi connectivity index (χ4v) is 6.01. The van der Waals surface area contributed by atoms with E-state index in [2.05, 4.69) is 25.8 Å². The van der Waals surface area contributed by atoms with E-state index in [9.17, 15) is 19.2 Å². The average Bonchev–Trinajstić information content (AvgIpc) is 3.43. The first-order chi connectivity index (χ1) is 18.2. The minimum Gasteiger partial charge on any atom is -0.399 e. The lowest BCUT2D eigenvalue weighted by atomic mass is 9.66. The monoisotopic (exact) mass is 530 g/mol. The highest BCUT2D eigenvalue weighted by Gasteiger charge is 2.63. The van der Waals surface area contributed by atoms with E-state index in [-0.39, 0.29) is 48.2 Å². The summed E-state index contributed by atoms with van der Waals surface area (Å²) in [6.07, 6.45) is -1.01. The summed E-state index contributed by atoms with van der Waals surface area (Å²) in [6, 6.07) is -0.313. The Morgan fingerprint density at radius 2 is 1.97 bits per heavy atom. The predicted molar refractivity (Wildman–Crippen MR) is 126 cm³/mol. The molecular weight excluding hydrogens is 507 g/mol. The van der Waals surface area contributed by atoms with Crippen molar-refractivity contribution in [1.29, 1.82) is 0 Å². The number of nitrogens with zero attached hydrogens (tertiary/aromatic N) is 4. The van der Waals surface area contributed by atoms with Crippen LogP contribution in [0.15, 0.2) is 15.7 Å². The number of hydrogen-bond donors (Lipinski definition) is 2. The molecule has 6 rings (SSSR count). The number of benzene rings is 1. The molecule has 3 saturated heterocycles. The van der Waals surface area contributed by atoms with Gasteiger partial charge in [0.25, 0.3) is 5.91 Å². The van der Waals surface area contributed by atoms with Gasteiger partial charge in [-0.25, -0.2) is 9.18 Å². The van der Waals surface area contributed by atoms with Gasteiger partial charge in [-0.2, -0.15) is 0 Å². The molecule has 1 aromatic carbocycles. The summed E-state index contributed by atoms with van der Waals surface area (Å²) in [4.78, 5) is 58.7. The summed E-state index contributed by atoms with van der Waals surface area (Å²) in [7, 11) is 1.33. The molecule has 5 heterocycles. The molecule has 0 radical (unpaired) electrons. The number of barbiturate groups is 1. The van der Waals surface area contributed by atoms with Crippen LogP contribution in [0.2, 0.25) is 0 Å². The molecule has 4 atom stereocenters. The zero-order valence-corrected chi connectivity index (χ0v) is 20.5. The van der Waals surface area contributed by atoms with Crippen LogP contribution in [0.1, 0.15) is 19.4 Å². The molecule has 0 unspecified atom stereocenters. The number of rotatable bonds is 3. The van der Waals surface area contributed by atoms with Gasteiger partial charge in [-0.3, -0.25) is 29.9 Å². The number of nitrogens with one attached hydrogen (secondary N) is 2. The molecule has 2 N–H and O–H groups in total. The number of urea groups is 1. The quantitative estimate of drug-likeness (QED) is 0.318. The fraction of sp³-hybridized carbons (Fsp3) is 0.478. The average molecular weight is 530 g/mol. The Labute approximate surface area is 214 Å². The van der Waals surface area contributed by atoms with E-state index in [1.165, 1.54) is 19.4 Å². The van der Waals surface area contributed by atoms with Crippen molar-refractivity contribution >= 4 is 52.4 Å². The third-order valence-corrected chi connectivity index (χ3v) is 7.37. The molecule has 15 heteroatoms. The van der Waals surface area contributed by atoms with E-state index in [4.69, 9.17) is 14.0 Å². The normalized spacial score (nSPS) is 28.6. The molecular formula is C23H23FN6O8. The summed E-state index contributed by atoms with van der Waals surface area (Å²) in [5, 5.41) is 12.1. The highest BCUT2D eigenvalue weighted by Crippen LogP contribution is 2.49. The minimum absolute atomic E-state index is 0.0237. The first-order valence-electron chi connectivity index (χ1n) is 11.9. The number of halogens is 1. The second-order valence-electron chi connectivity index (χ2n) is 9.62. The number of oxime groups is 1. The van der Waals surface area contributed by atoms with Crippen LogP contribution in [-0.2, 0) is 35.1 Å². The van der Waals surface area contributed by atoms with Gasteiger partial charge in [-0.05, 0) is 25.5 Å². The first-order valence-corrected chi connectivity index (χ1v) is 11.9. The summed E-state index contributed by atoms with van der Waals surface area (Å²) in [5.74, 6) is -2.87. The second kappa shape index (κ2) is 8.46. The molecule has 0 aliphatic carbocycles. The third kappa shape index (κ3) is 3.24. The summed E-state index contributed by atoms with van der Waals surface area (Å²) in [6.45, 7) is 3.38. The van der Waals surface area contributed by atoms with Gasteiger partial charge in [0.15, 0.2) is 23.3 Å². The SMILES string of the molecule is CON=C[C@H]1OCC(=O)N1c1noc2c(F)c3c(cc12)CC1(C(=O)NC(=O)NC1=O)[C@H]1[C@H](C)O[C@H](C)CN31. The van der Waals surface area contributed by atoms with E-state index in [1.807, 2.05) is 0 Å². The van der Waals surface area contributed by atoms with Crippen molar-refractivity contribution in [2.75, 3.05) is 30.1 Å². The lowest BCUT2D eigenvalue weighted by Crippen LogP contribution is -2.75. The number of anilines is 2. The van der Waals surface area contributed by atoms with E-state index in [0.29, 0.717) is 5.56 Å². The molecule has 1 aromatic heterocycles. The molecule has 5 amide bonds. The van der Waals surface area contributed by atoms with E-state index in [0.717, 1.165) is 4.90 Å². The standard InChI is InChI=1S/C23H23FN6O8/c1-9-7-29-16-11(5-23(18(29)10(2)37-9)20(32)26-22(34)27-21(23)33)4-12-17(15(16)24)38-28-19(12)30-13(31)8-36-14(30)6-25-35-3/h4,6,9-10,14,18H,5,7-8H2,1-3H3,(H2,26,27,32,33,34)/t9-,10+,14-,18-/m1/s1. The first kappa shape index (κ1) is 24.2. The van der Waals surface area contributed by atoms with Crippen LogP contribution in [0.4, 0.5) is 20.7 Å². The molecule has 2 aromatic rings. The molecule has 0 saturated carbocycles. The number of imide groups is 2. The summed E-state index contributed by atoms with van der Waals surface area (Å²) < 4.78 is 33.0.